The summed E-state index contributed by atoms with van der Waals surface area (Å²) in [5, 5.41) is 11.7. The van der Waals surface area contributed by atoms with Gasteiger partial charge in [-0.3, -0.25) is 9.59 Å². The number of methoxy groups -OCH3 is 1. The molecule has 2 N–H and O–H groups in total. The van der Waals surface area contributed by atoms with E-state index in [-0.39, 0.29) is 37.9 Å². The number of carboxylic acid groups (broad SMARTS) is 1. The topological polar surface area (TPSA) is 95.9 Å². The van der Waals surface area contributed by atoms with E-state index in [1.165, 1.54) is 7.11 Å². The predicted molar refractivity (Wildman–Crippen MR) is 90.7 cm³/mol. The fraction of sp³-hybridized carbons (Fsp3) is 0.500. The molecule has 3 atom stereocenters. The number of rotatable bonds is 8. The van der Waals surface area contributed by atoms with Crippen LogP contribution in [0.1, 0.15) is 31.4 Å². The van der Waals surface area contributed by atoms with Crippen molar-refractivity contribution in [2.24, 2.45) is 5.92 Å². The number of nitrogens with zero attached hydrogens (tertiary/aromatic N) is 1. The normalized spacial score (nSPS) is 19.5. The first-order valence-corrected chi connectivity index (χ1v) is 8.30. The molecule has 1 aliphatic heterocycles. The quantitative estimate of drug-likeness (QED) is 0.736. The van der Waals surface area contributed by atoms with Gasteiger partial charge in [-0.05, 0) is 12.5 Å². The van der Waals surface area contributed by atoms with E-state index in [0.29, 0.717) is 0 Å². The van der Waals surface area contributed by atoms with Gasteiger partial charge in [-0.25, -0.2) is 4.79 Å². The smallest absolute Gasteiger partial charge is 0.326 e. The Balaban J connectivity index is 1.98. The molecule has 1 fully saturated rings. The average Bonchev–Trinajstić information content (AvgIpc) is 3.00. The van der Waals surface area contributed by atoms with Gasteiger partial charge in [0.05, 0.1) is 12.0 Å². The van der Waals surface area contributed by atoms with Crippen LogP contribution in [0.3, 0.4) is 0 Å². The highest BCUT2D eigenvalue weighted by Gasteiger charge is 2.38. The van der Waals surface area contributed by atoms with Gasteiger partial charge < -0.3 is 20.1 Å². The second kappa shape index (κ2) is 8.62. The Morgan fingerprint density at radius 2 is 2.04 bits per heavy atom. The molecule has 0 saturated carbocycles. The third-order valence-electron chi connectivity index (χ3n) is 4.50. The summed E-state index contributed by atoms with van der Waals surface area (Å²) in [5.74, 6) is -2.15. The van der Waals surface area contributed by atoms with E-state index in [1.807, 2.05) is 37.3 Å². The Labute approximate surface area is 147 Å². The summed E-state index contributed by atoms with van der Waals surface area (Å²) in [7, 11) is 1.47. The van der Waals surface area contributed by atoms with Gasteiger partial charge >= 0.3 is 5.97 Å². The van der Waals surface area contributed by atoms with Crippen LogP contribution in [0.15, 0.2) is 30.3 Å². The van der Waals surface area contributed by atoms with E-state index in [2.05, 4.69) is 5.32 Å². The van der Waals surface area contributed by atoms with Crippen LogP contribution in [0.4, 0.5) is 0 Å². The number of amides is 2. The summed E-state index contributed by atoms with van der Waals surface area (Å²) in [6, 6.07) is 8.46. The second-order valence-corrected chi connectivity index (χ2v) is 6.21. The fourth-order valence-electron chi connectivity index (χ4n) is 2.98. The standard InChI is InChI=1S/C18H24N2O5/c1-12(13-6-4-3-5-7-13)20-11-14(10-16(20)21)17(22)19-15(18(23)24)8-9-25-2/h3-7,12,14-15H,8-11H2,1-2H3,(H,19,22)(H,23,24). The molecule has 1 aliphatic rings. The van der Waals surface area contributed by atoms with Crippen molar-refractivity contribution in [2.45, 2.75) is 31.8 Å². The van der Waals surface area contributed by atoms with Gasteiger partial charge in [0.15, 0.2) is 0 Å². The van der Waals surface area contributed by atoms with Gasteiger partial charge in [0.1, 0.15) is 6.04 Å². The number of carboxylic acids is 1. The molecule has 1 aromatic carbocycles. The first-order valence-electron chi connectivity index (χ1n) is 8.30. The van der Waals surface area contributed by atoms with Crippen molar-refractivity contribution < 1.29 is 24.2 Å². The van der Waals surface area contributed by atoms with E-state index >= 15 is 0 Å². The van der Waals surface area contributed by atoms with Crippen molar-refractivity contribution in [3.05, 3.63) is 35.9 Å². The molecule has 0 radical (unpaired) electrons. The highest BCUT2D eigenvalue weighted by molar-refractivity contribution is 5.91. The molecular formula is C18H24N2O5. The number of benzene rings is 1. The third-order valence-corrected chi connectivity index (χ3v) is 4.50. The Kier molecular flexibility index (Phi) is 6.52. The number of carbonyl (C=O) groups is 3. The van der Waals surface area contributed by atoms with Crippen LogP contribution < -0.4 is 5.32 Å². The largest absolute Gasteiger partial charge is 0.480 e. The second-order valence-electron chi connectivity index (χ2n) is 6.21. The van der Waals surface area contributed by atoms with Gasteiger partial charge in [-0.15, -0.1) is 0 Å². The monoisotopic (exact) mass is 348 g/mol. The van der Waals surface area contributed by atoms with Crippen LogP contribution in [0, 0.1) is 5.92 Å². The molecule has 1 heterocycles. The van der Waals surface area contributed by atoms with Crippen molar-refractivity contribution in [3.8, 4) is 0 Å². The Morgan fingerprint density at radius 3 is 2.64 bits per heavy atom. The summed E-state index contributed by atoms with van der Waals surface area (Å²) in [4.78, 5) is 37.6. The van der Waals surface area contributed by atoms with Crippen LogP contribution >= 0.6 is 0 Å². The highest BCUT2D eigenvalue weighted by Crippen LogP contribution is 2.28. The minimum Gasteiger partial charge on any atom is -0.480 e. The SMILES string of the molecule is COCCC(NC(=O)C1CC(=O)N(C(C)c2ccccc2)C1)C(=O)O. The summed E-state index contributed by atoms with van der Waals surface area (Å²) >= 11 is 0. The maximum absolute atomic E-state index is 12.4. The van der Waals surface area contributed by atoms with Gasteiger partial charge in [0.2, 0.25) is 11.8 Å². The number of hydrogen-bond donors (Lipinski definition) is 2. The Hall–Kier alpha value is -2.41. The molecular weight excluding hydrogens is 324 g/mol. The summed E-state index contributed by atoms with van der Waals surface area (Å²) < 4.78 is 4.87. The van der Waals surface area contributed by atoms with Crippen LogP contribution in [0.2, 0.25) is 0 Å². The van der Waals surface area contributed by atoms with Crippen molar-refractivity contribution in [1.29, 1.82) is 0 Å². The zero-order valence-corrected chi connectivity index (χ0v) is 14.5. The lowest BCUT2D eigenvalue weighted by Crippen LogP contribution is -2.44. The van der Waals surface area contributed by atoms with Crippen molar-refractivity contribution in [2.75, 3.05) is 20.3 Å². The minimum atomic E-state index is -1.11. The maximum Gasteiger partial charge on any atom is 0.326 e. The molecule has 0 bridgehead atoms. The number of aliphatic carboxylic acids is 1. The molecule has 0 spiro atoms. The average molecular weight is 348 g/mol. The molecule has 3 unspecified atom stereocenters. The fourth-order valence-corrected chi connectivity index (χ4v) is 2.98. The lowest BCUT2D eigenvalue weighted by Gasteiger charge is -2.25. The summed E-state index contributed by atoms with van der Waals surface area (Å²) in [5.41, 5.74) is 1.00. The van der Waals surface area contributed by atoms with Gasteiger partial charge in [0, 0.05) is 33.1 Å². The molecule has 0 aliphatic carbocycles. The van der Waals surface area contributed by atoms with Crippen molar-refractivity contribution in [3.63, 3.8) is 0 Å². The van der Waals surface area contributed by atoms with E-state index in [9.17, 15) is 19.5 Å². The molecule has 136 valence electrons. The predicted octanol–water partition coefficient (Wildman–Crippen LogP) is 1.20. The lowest BCUT2D eigenvalue weighted by molar-refractivity contribution is -0.142. The van der Waals surface area contributed by atoms with Gasteiger partial charge in [0.25, 0.3) is 0 Å². The van der Waals surface area contributed by atoms with Crippen LogP contribution in [-0.2, 0) is 19.1 Å². The van der Waals surface area contributed by atoms with E-state index < -0.39 is 23.8 Å². The van der Waals surface area contributed by atoms with E-state index in [4.69, 9.17) is 4.74 Å². The van der Waals surface area contributed by atoms with Crippen LogP contribution in [0.5, 0.6) is 0 Å². The number of hydrogen-bond acceptors (Lipinski definition) is 4. The first-order chi connectivity index (χ1) is 11.9. The molecule has 7 nitrogen and oxygen atoms in total. The van der Waals surface area contributed by atoms with Crippen molar-refractivity contribution in [1.82, 2.24) is 10.2 Å². The third kappa shape index (κ3) is 4.79. The van der Waals surface area contributed by atoms with Gasteiger partial charge in [-0.2, -0.15) is 0 Å². The van der Waals surface area contributed by atoms with Crippen LogP contribution in [-0.4, -0.2) is 54.1 Å². The highest BCUT2D eigenvalue weighted by atomic mass is 16.5. The first kappa shape index (κ1) is 18.9. The van der Waals surface area contributed by atoms with E-state index in [1.54, 1.807) is 4.90 Å². The summed E-state index contributed by atoms with van der Waals surface area (Å²) in [6.07, 6.45) is 0.280. The maximum atomic E-state index is 12.4. The molecule has 25 heavy (non-hydrogen) atoms. The molecule has 7 heteroatoms. The van der Waals surface area contributed by atoms with Crippen molar-refractivity contribution >= 4 is 17.8 Å². The number of ether oxygens (including phenoxy) is 1. The lowest BCUT2D eigenvalue weighted by atomic mass is 10.1. The molecule has 2 rings (SSSR count). The molecule has 1 aromatic rings. The Bertz CT molecular complexity index is 619. The molecule has 0 aromatic heterocycles. The van der Waals surface area contributed by atoms with Gasteiger partial charge in [-0.1, -0.05) is 30.3 Å². The zero-order valence-electron chi connectivity index (χ0n) is 14.5. The minimum absolute atomic E-state index is 0.0968. The molecule has 2 amide bonds. The van der Waals surface area contributed by atoms with Crippen LogP contribution in [0.25, 0.3) is 0 Å². The molecule has 1 saturated heterocycles. The number of carbonyl (C=O) groups excluding carboxylic acids is 2. The number of likely N-dealkylation sites (tertiary alicyclic amines) is 1. The summed E-state index contributed by atoms with van der Waals surface area (Å²) in [6.45, 7) is 2.45. The zero-order chi connectivity index (χ0) is 18.4. The Morgan fingerprint density at radius 1 is 1.36 bits per heavy atom. The van der Waals surface area contributed by atoms with E-state index in [0.717, 1.165) is 5.56 Å². The number of nitrogens with one attached hydrogen (secondary N) is 1.